The van der Waals surface area contributed by atoms with Crippen LogP contribution in [0, 0.1) is 5.92 Å². The Bertz CT molecular complexity index is 694. The Morgan fingerprint density at radius 3 is 2.68 bits per heavy atom. The number of thioether (sulfide) groups is 1. The molecule has 11 heteroatoms. The fraction of sp³-hybridized carbons (Fsp3) is 0.588. The summed E-state index contributed by atoms with van der Waals surface area (Å²) < 4.78 is 15.2. The van der Waals surface area contributed by atoms with Crippen molar-refractivity contribution in [3.8, 4) is 0 Å². The molecule has 0 radical (unpaired) electrons. The lowest BCUT2D eigenvalue weighted by atomic mass is 9.77. The highest BCUT2D eigenvalue weighted by Gasteiger charge is 2.61. The summed E-state index contributed by atoms with van der Waals surface area (Å²) in [6, 6.07) is -1.18. The van der Waals surface area contributed by atoms with Gasteiger partial charge < -0.3 is 19.3 Å². The molecule has 2 saturated heterocycles. The van der Waals surface area contributed by atoms with E-state index in [9.17, 15) is 24.0 Å². The van der Waals surface area contributed by atoms with E-state index in [1.807, 2.05) is 0 Å². The third kappa shape index (κ3) is 4.20. The molecule has 2 heterocycles. The highest BCUT2D eigenvalue weighted by atomic mass is 32.2. The Hall–Kier alpha value is -2.40. The van der Waals surface area contributed by atoms with E-state index < -0.39 is 53.4 Å². The van der Waals surface area contributed by atoms with Gasteiger partial charge >= 0.3 is 18.0 Å². The zero-order valence-corrected chi connectivity index (χ0v) is 16.2. The van der Waals surface area contributed by atoms with Crippen molar-refractivity contribution in [1.29, 1.82) is 0 Å². The number of amides is 2. The Morgan fingerprint density at radius 1 is 1.43 bits per heavy atom. The molecule has 0 saturated carbocycles. The van der Waals surface area contributed by atoms with E-state index in [-0.39, 0.29) is 19.0 Å². The fourth-order valence-corrected chi connectivity index (χ4v) is 3.97. The summed E-state index contributed by atoms with van der Waals surface area (Å²) in [4.78, 5) is 60.4. The molecule has 2 aliphatic rings. The van der Waals surface area contributed by atoms with Gasteiger partial charge in [-0.1, -0.05) is 12.7 Å². The van der Waals surface area contributed by atoms with Gasteiger partial charge in [0.2, 0.25) is 5.91 Å². The van der Waals surface area contributed by atoms with Gasteiger partial charge in [0.25, 0.3) is 0 Å². The number of carbonyl (C=O) groups is 5. The Balaban J connectivity index is 2.25. The van der Waals surface area contributed by atoms with Crippen molar-refractivity contribution in [2.75, 3.05) is 19.5 Å². The van der Waals surface area contributed by atoms with E-state index in [4.69, 9.17) is 19.3 Å². The second-order valence-corrected chi connectivity index (χ2v) is 7.25. The summed E-state index contributed by atoms with van der Waals surface area (Å²) >= 11 is 1.31. The normalized spacial score (nSPS) is 28.1. The summed E-state index contributed by atoms with van der Waals surface area (Å²) in [5.41, 5.74) is 0. The number of carboxylic acids is 1. The monoisotopic (exact) mass is 415 g/mol. The van der Waals surface area contributed by atoms with Crippen LogP contribution in [0.2, 0.25) is 0 Å². The van der Waals surface area contributed by atoms with E-state index in [1.54, 1.807) is 6.26 Å². The minimum atomic E-state index is -1.83. The molecule has 2 aliphatic heterocycles. The lowest BCUT2D eigenvalue weighted by Gasteiger charge is -2.50. The van der Waals surface area contributed by atoms with Crippen LogP contribution in [0.25, 0.3) is 0 Å². The summed E-state index contributed by atoms with van der Waals surface area (Å²) in [6.07, 6.45) is 0.226. The zero-order chi connectivity index (χ0) is 21.0. The van der Waals surface area contributed by atoms with E-state index >= 15 is 0 Å². The molecule has 10 nitrogen and oxygen atoms in total. The molecule has 0 spiro atoms. The van der Waals surface area contributed by atoms with Crippen molar-refractivity contribution in [2.24, 2.45) is 5.92 Å². The number of carboxylic acid groups (broad SMARTS) is 1. The quantitative estimate of drug-likeness (QED) is 0.278. The molecule has 0 aromatic carbocycles. The van der Waals surface area contributed by atoms with Crippen molar-refractivity contribution < 1.29 is 43.3 Å². The zero-order valence-electron chi connectivity index (χ0n) is 15.4. The number of hydrogen-bond donors (Lipinski definition) is 1. The van der Waals surface area contributed by atoms with Crippen molar-refractivity contribution >= 4 is 41.5 Å². The van der Waals surface area contributed by atoms with Crippen LogP contribution in [-0.4, -0.2) is 82.7 Å². The molecule has 2 rings (SSSR count). The number of ether oxygens (including phenoxy) is 3. The lowest BCUT2D eigenvalue weighted by Crippen LogP contribution is -2.73. The van der Waals surface area contributed by atoms with Crippen LogP contribution < -0.4 is 0 Å². The maximum absolute atomic E-state index is 12.7. The van der Waals surface area contributed by atoms with Crippen LogP contribution in [0.15, 0.2) is 12.7 Å². The predicted molar refractivity (Wildman–Crippen MR) is 95.5 cm³/mol. The first-order valence-electron chi connectivity index (χ1n) is 8.47. The first kappa shape index (κ1) is 21.9. The van der Waals surface area contributed by atoms with Crippen LogP contribution in [0.1, 0.15) is 13.3 Å². The minimum Gasteiger partial charge on any atom is -0.474 e. The average molecular weight is 415 g/mol. The number of imide groups is 1. The first-order chi connectivity index (χ1) is 13.2. The van der Waals surface area contributed by atoms with Gasteiger partial charge in [-0.2, -0.15) is 11.8 Å². The molecule has 0 aliphatic carbocycles. The number of hydrogen-bond acceptors (Lipinski definition) is 9. The molecule has 2 fully saturated rings. The molecule has 5 unspecified atom stereocenters. The van der Waals surface area contributed by atoms with E-state index in [2.05, 4.69) is 6.58 Å². The third-order valence-electron chi connectivity index (χ3n) is 4.57. The van der Waals surface area contributed by atoms with E-state index in [0.29, 0.717) is 11.3 Å². The van der Waals surface area contributed by atoms with E-state index in [1.165, 1.54) is 24.8 Å². The number of carbonyl (C=O) groups excluding carboxylic acids is 4. The summed E-state index contributed by atoms with van der Waals surface area (Å²) in [5, 5.41) is 8.60. The van der Waals surface area contributed by atoms with Gasteiger partial charge in [0, 0.05) is 6.61 Å². The Kier molecular flexibility index (Phi) is 7.19. The summed E-state index contributed by atoms with van der Waals surface area (Å²) in [5.74, 6) is -5.61. The average Bonchev–Trinajstić information content (AvgIpc) is 2.64. The SMILES string of the molecule is C=CCOC(=O)OC(C)C1C(=O)N(C(=O)C(=O)O)C1C1OCCC(SC)C1=O. The second kappa shape index (κ2) is 9.20. The summed E-state index contributed by atoms with van der Waals surface area (Å²) in [7, 11) is 0. The van der Waals surface area contributed by atoms with Crippen molar-refractivity contribution in [3.05, 3.63) is 12.7 Å². The number of rotatable bonds is 6. The molecule has 0 aromatic heterocycles. The highest BCUT2D eigenvalue weighted by Crippen LogP contribution is 2.37. The molecule has 1 N–H and O–H groups in total. The molecule has 2 amide bonds. The molecule has 5 atom stereocenters. The Morgan fingerprint density at radius 2 is 2.11 bits per heavy atom. The maximum Gasteiger partial charge on any atom is 0.508 e. The second-order valence-electron chi connectivity index (χ2n) is 6.21. The largest absolute Gasteiger partial charge is 0.508 e. The molecule has 0 aromatic rings. The molecular formula is C17H21NO9S. The number of ketones is 1. The number of β-lactam (4-membered cyclic amide) rings is 1. The lowest BCUT2D eigenvalue weighted by molar-refractivity contribution is -0.190. The van der Waals surface area contributed by atoms with Crippen LogP contribution in [0.4, 0.5) is 4.79 Å². The van der Waals surface area contributed by atoms with Crippen LogP contribution >= 0.6 is 11.8 Å². The van der Waals surface area contributed by atoms with Crippen LogP contribution in [0.5, 0.6) is 0 Å². The van der Waals surface area contributed by atoms with Gasteiger partial charge in [-0.25, -0.2) is 9.59 Å². The Labute approximate surface area is 165 Å². The van der Waals surface area contributed by atoms with Gasteiger partial charge in [0.1, 0.15) is 18.8 Å². The number of Topliss-reactive ketones (excluding diaryl/α,β-unsaturated/α-hetero) is 1. The smallest absolute Gasteiger partial charge is 0.474 e. The fourth-order valence-electron chi connectivity index (χ4n) is 3.27. The standard InChI is InChI=1S/C17H21NO9S/c1-4-6-26-17(24)27-8(2)10-11(18(14(10)20)15(21)16(22)23)13-12(19)9(28-3)5-7-25-13/h4,8-11,13H,1,5-7H2,2-3H3,(H,22,23). The molecule has 0 bridgehead atoms. The van der Waals surface area contributed by atoms with Crippen LogP contribution in [-0.2, 0) is 33.4 Å². The van der Waals surface area contributed by atoms with Gasteiger partial charge in [0.15, 0.2) is 5.78 Å². The highest BCUT2D eigenvalue weighted by molar-refractivity contribution is 7.99. The van der Waals surface area contributed by atoms with Gasteiger partial charge in [-0.15, -0.1) is 0 Å². The van der Waals surface area contributed by atoms with Crippen molar-refractivity contribution in [2.45, 2.75) is 36.8 Å². The number of aliphatic carboxylic acids is 1. The molecule has 28 heavy (non-hydrogen) atoms. The molecular weight excluding hydrogens is 394 g/mol. The van der Waals surface area contributed by atoms with Gasteiger partial charge in [-0.05, 0) is 19.6 Å². The first-order valence-corrected chi connectivity index (χ1v) is 9.76. The minimum absolute atomic E-state index is 0.100. The van der Waals surface area contributed by atoms with Gasteiger partial charge in [0.05, 0.1) is 17.2 Å². The van der Waals surface area contributed by atoms with Crippen molar-refractivity contribution in [1.82, 2.24) is 4.90 Å². The summed E-state index contributed by atoms with van der Waals surface area (Å²) in [6.45, 7) is 4.89. The maximum atomic E-state index is 12.7. The third-order valence-corrected chi connectivity index (χ3v) is 5.60. The predicted octanol–water partition coefficient (Wildman–Crippen LogP) is 0.242. The van der Waals surface area contributed by atoms with Gasteiger partial charge in [-0.3, -0.25) is 19.3 Å². The van der Waals surface area contributed by atoms with Crippen LogP contribution in [0.3, 0.4) is 0 Å². The number of likely N-dealkylation sites (tertiary alicyclic amines) is 1. The van der Waals surface area contributed by atoms with E-state index in [0.717, 1.165) is 0 Å². The number of nitrogens with zero attached hydrogens (tertiary/aromatic N) is 1. The molecule has 154 valence electrons. The topological polar surface area (TPSA) is 137 Å². The van der Waals surface area contributed by atoms with Crippen molar-refractivity contribution in [3.63, 3.8) is 0 Å².